The highest BCUT2D eigenvalue weighted by atomic mass is 16.5. The second-order valence-electron chi connectivity index (χ2n) is 16.5. The standard InChI is InChI=1S/C35H57NO5/c1-21(36-22(2)37)25-12-17-35(20-40-23(3)38)19-18-33(8)26(30(25)35)10-11-28-32(7)15-14-29(41-24(4)39)31(5,6)27(32)13-16-34(28,33)9/h21,25-30H,10-20H2,1-9H3,(H,36,37)/t21-,25-,26-,27-,28+,29-,30-,32+,33+,34-,35-/m0/s1. The van der Waals surface area contributed by atoms with Crippen molar-refractivity contribution in [1.82, 2.24) is 5.32 Å². The average molecular weight is 572 g/mol. The quantitative estimate of drug-likeness (QED) is 0.356. The summed E-state index contributed by atoms with van der Waals surface area (Å²) in [6.45, 7) is 20.0. The van der Waals surface area contributed by atoms with Crippen molar-refractivity contribution in [3.63, 3.8) is 0 Å². The van der Waals surface area contributed by atoms with Gasteiger partial charge in [0.25, 0.3) is 0 Å². The van der Waals surface area contributed by atoms with E-state index in [1.165, 1.54) is 39.0 Å². The van der Waals surface area contributed by atoms with E-state index in [0.29, 0.717) is 36.2 Å². The summed E-state index contributed by atoms with van der Waals surface area (Å²) in [5.41, 5.74) is 0.634. The molecule has 0 spiro atoms. The molecule has 1 amide bonds. The third-order valence-electron chi connectivity index (χ3n) is 14.5. The van der Waals surface area contributed by atoms with Crippen molar-refractivity contribution in [1.29, 1.82) is 0 Å². The van der Waals surface area contributed by atoms with Gasteiger partial charge in [0, 0.05) is 37.6 Å². The lowest BCUT2D eigenvalue weighted by atomic mass is 9.32. The van der Waals surface area contributed by atoms with Gasteiger partial charge < -0.3 is 14.8 Å². The van der Waals surface area contributed by atoms with Crippen LogP contribution in [0.15, 0.2) is 0 Å². The number of hydrogen-bond acceptors (Lipinski definition) is 5. The summed E-state index contributed by atoms with van der Waals surface area (Å²) >= 11 is 0. The van der Waals surface area contributed by atoms with Crippen molar-refractivity contribution in [2.75, 3.05) is 6.61 Å². The maximum atomic E-state index is 12.1. The highest BCUT2D eigenvalue weighted by Crippen LogP contribution is 2.77. The molecule has 0 saturated heterocycles. The molecule has 5 rings (SSSR count). The fourth-order valence-corrected chi connectivity index (χ4v) is 12.7. The van der Waals surface area contributed by atoms with Gasteiger partial charge in [-0.1, -0.05) is 34.6 Å². The van der Waals surface area contributed by atoms with Gasteiger partial charge in [-0.2, -0.15) is 0 Å². The fourth-order valence-electron chi connectivity index (χ4n) is 12.7. The van der Waals surface area contributed by atoms with Crippen LogP contribution < -0.4 is 5.32 Å². The number of ether oxygens (including phenoxy) is 2. The topological polar surface area (TPSA) is 81.7 Å². The molecule has 5 saturated carbocycles. The summed E-state index contributed by atoms with van der Waals surface area (Å²) in [6.07, 6.45) is 11.4. The molecule has 0 radical (unpaired) electrons. The number of rotatable bonds is 5. The molecule has 1 N–H and O–H groups in total. The number of fused-ring (bicyclic) bond motifs is 7. The first-order valence-electron chi connectivity index (χ1n) is 16.6. The molecule has 0 aliphatic heterocycles. The van der Waals surface area contributed by atoms with E-state index < -0.39 is 0 Å². The highest BCUT2D eigenvalue weighted by molar-refractivity contribution is 5.73. The second-order valence-corrected chi connectivity index (χ2v) is 16.5. The van der Waals surface area contributed by atoms with Gasteiger partial charge in [-0.15, -0.1) is 0 Å². The van der Waals surface area contributed by atoms with Gasteiger partial charge in [0.2, 0.25) is 5.91 Å². The van der Waals surface area contributed by atoms with Gasteiger partial charge in [-0.05, 0) is 117 Å². The number of carbonyl (C=O) groups excluding carboxylic acids is 3. The number of esters is 2. The monoisotopic (exact) mass is 571 g/mol. The van der Waals surface area contributed by atoms with Crippen molar-refractivity contribution in [3.8, 4) is 0 Å². The molecule has 0 unspecified atom stereocenters. The minimum absolute atomic E-state index is 0.000408. The average Bonchev–Trinajstić information content (AvgIpc) is 3.24. The van der Waals surface area contributed by atoms with E-state index in [2.05, 4.69) is 46.9 Å². The summed E-state index contributed by atoms with van der Waals surface area (Å²) < 4.78 is 11.7. The van der Waals surface area contributed by atoms with E-state index in [-0.39, 0.29) is 57.1 Å². The molecule has 0 aromatic heterocycles. The Kier molecular flexibility index (Phi) is 7.72. The first-order chi connectivity index (χ1) is 19.0. The van der Waals surface area contributed by atoms with Crippen LogP contribution in [0.3, 0.4) is 0 Å². The first kappa shape index (κ1) is 30.9. The minimum atomic E-state index is -0.182. The number of nitrogens with one attached hydrogen (secondary N) is 1. The largest absolute Gasteiger partial charge is 0.465 e. The Morgan fingerprint density at radius 3 is 2.12 bits per heavy atom. The third-order valence-corrected chi connectivity index (χ3v) is 14.5. The molecular weight excluding hydrogens is 514 g/mol. The van der Waals surface area contributed by atoms with Crippen LogP contribution in [0, 0.1) is 56.7 Å². The van der Waals surface area contributed by atoms with Crippen LogP contribution in [0.5, 0.6) is 0 Å². The van der Waals surface area contributed by atoms with Crippen molar-refractivity contribution in [3.05, 3.63) is 0 Å². The van der Waals surface area contributed by atoms with E-state index in [1.807, 2.05) is 0 Å². The Morgan fingerprint density at radius 2 is 1.49 bits per heavy atom. The molecule has 6 heteroatoms. The van der Waals surface area contributed by atoms with Crippen LogP contribution in [0.4, 0.5) is 0 Å². The molecule has 0 aromatic carbocycles. The zero-order valence-corrected chi connectivity index (χ0v) is 27.4. The maximum Gasteiger partial charge on any atom is 0.302 e. The van der Waals surface area contributed by atoms with Gasteiger partial charge in [0.1, 0.15) is 6.10 Å². The van der Waals surface area contributed by atoms with Gasteiger partial charge in [0.15, 0.2) is 0 Å². The van der Waals surface area contributed by atoms with Crippen molar-refractivity contribution >= 4 is 17.8 Å². The molecule has 5 aliphatic rings. The Hall–Kier alpha value is -1.59. The first-order valence-corrected chi connectivity index (χ1v) is 16.6. The minimum Gasteiger partial charge on any atom is -0.465 e. The third kappa shape index (κ3) is 4.58. The zero-order chi connectivity index (χ0) is 30.2. The molecule has 232 valence electrons. The summed E-state index contributed by atoms with van der Waals surface area (Å²) in [4.78, 5) is 36.1. The van der Waals surface area contributed by atoms with Crippen LogP contribution in [-0.4, -0.2) is 36.6 Å². The Bertz CT molecular complexity index is 1070. The van der Waals surface area contributed by atoms with E-state index >= 15 is 0 Å². The predicted molar refractivity (Wildman–Crippen MR) is 160 cm³/mol. The molecule has 0 bridgehead atoms. The summed E-state index contributed by atoms with van der Waals surface area (Å²) in [6, 6.07) is 0.121. The van der Waals surface area contributed by atoms with Crippen molar-refractivity contribution in [2.45, 2.75) is 139 Å². The Balaban J connectivity index is 1.50. The number of amides is 1. The van der Waals surface area contributed by atoms with Crippen LogP contribution in [0.2, 0.25) is 0 Å². The lowest BCUT2D eigenvalue weighted by Gasteiger charge is -2.73. The number of hydrogen-bond donors (Lipinski definition) is 1. The lowest BCUT2D eigenvalue weighted by Crippen LogP contribution is -2.67. The van der Waals surface area contributed by atoms with Crippen molar-refractivity contribution in [2.24, 2.45) is 56.7 Å². The van der Waals surface area contributed by atoms with Crippen molar-refractivity contribution < 1.29 is 23.9 Å². The van der Waals surface area contributed by atoms with Crippen LogP contribution in [-0.2, 0) is 23.9 Å². The fraction of sp³-hybridized carbons (Fsp3) is 0.914. The zero-order valence-electron chi connectivity index (χ0n) is 27.4. The smallest absolute Gasteiger partial charge is 0.302 e. The van der Waals surface area contributed by atoms with Crippen LogP contribution in [0.1, 0.15) is 127 Å². The van der Waals surface area contributed by atoms with E-state index in [1.54, 1.807) is 13.8 Å². The second kappa shape index (κ2) is 10.3. The SMILES string of the molecule is CC(=O)N[C@@H](C)[C@@H]1CC[C@@]2(COC(C)=O)CC[C@]3(C)[C@@H](CC[C@@H]4[C@]5(C)CC[C@H](OC(C)=O)C(C)(C)[C@@H]5CC[C@@]43C)[C@H]12. The van der Waals surface area contributed by atoms with Gasteiger partial charge in [-0.25, -0.2) is 0 Å². The summed E-state index contributed by atoms with van der Waals surface area (Å²) in [5.74, 6) is 2.30. The highest BCUT2D eigenvalue weighted by Gasteiger charge is 2.71. The molecular formula is C35H57NO5. The lowest BCUT2D eigenvalue weighted by molar-refractivity contribution is -0.253. The molecule has 5 fully saturated rings. The van der Waals surface area contributed by atoms with Crippen LogP contribution >= 0.6 is 0 Å². The maximum absolute atomic E-state index is 12.1. The normalized spacial score (nSPS) is 47.0. The molecule has 0 aromatic rings. The van der Waals surface area contributed by atoms with E-state index in [0.717, 1.165) is 32.1 Å². The molecule has 6 nitrogen and oxygen atoms in total. The Labute approximate surface area is 248 Å². The molecule has 0 heterocycles. The molecule has 41 heavy (non-hydrogen) atoms. The van der Waals surface area contributed by atoms with E-state index in [4.69, 9.17) is 9.47 Å². The number of carbonyl (C=O) groups is 3. The summed E-state index contributed by atoms with van der Waals surface area (Å²) in [7, 11) is 0. The van der Waals surface area contributed by atoms with Gasteiger partial charge in [0.05, 0.1) is 6.61 Å². The molecule has 5 aliphatic carbocycles. The predicted octanol–water partition coefficient (Wildman–Crippen LogP) is 7.09. The van der Waals surface area contributed by atoms with E-state index in [9.17, 15) is 14.4 Å². The molecule has 11 atom stereocenters. The van der Waals surface area contributed by atoms with Gasteiger partial charge >= 0.3 is 11.9 Å². The summed E-state index contributed by atoms with van der Waals surface area (Å²) in [5, 5.41) is 3.26. The van der Waals surface area contributed by atoms with Gasteiger partial charge in [-0.3, -0.25) is 14.4 Å². The Morgan fingerprint density at radius 1 is 0.780 bits per heavy atom. The van der Waals surface area contributed by atoms with Crippen LogP contribution in [0.25, 0.3) is 0 Å².